The minimum absolute atomic E-state index is 0.0152. The highest BCUT2D eigenvalue weighted by Crippen LogP contribution is 2.27. The third kappa shape index (κ3) is 9.90. The largest absolute Gasteiger partial charge is 0.506 e. The molecule has 0 aliphatic carbocycles. The second-order valence-electron chi connectivity index (χ2n) is 9.49. The molecule has 0 unspecified atom stereocenters. The molecule has 0 aromatic heterocycles. The van der Waals surface area contributed by atoms with Crippen LogP contribution < -0.4 is 20.1 Å². The Hall–Kier alpha value is -3.60. The van der Waals surface area contributed by atoms with Crippen LogP contribution in [0.3, 0.4) is 0 Å². The fourth-order valence-electron chi connectivity index (χ4n) is 4.15. The van der Waals surface area contributed by atoms with E-state index in [1.165, 1.54) is 12.1 Å². The lowest BCUT2D eigenvalue weighted by Crippen LogP contribution is -2.32. The van der Waals surface area contributed by atoms with E-state index in [0.29, 0.717) is 25.1 Å². The molecule has 0 saturated heterocycles. The molecule has 3 aromatic rings. The predicted molar refractivity (Wildman–Crippen MR) is 152 cm³/mol. The number of nitrogens with one attached hydrogen (secondary N) is 3. The van der Waals surface area contributed by atoms with E-state index in [1.807, 2.05) is 62.4 Å². The fourth-order valence-corrected chi connectivity index (χ4v) is 4.72. The van der Waals surface area contributed by atoms with E-state index in [4.69, 9.17) is 4.74 Å². The van der Waals surface area contributed by atoms with Gasteiger partial charge >= 0.3 is 0 Å². The average molecular weight is 556 g/mol. The number of anilines is 1. The van der Waals surface area contributed by atoms with Gasteiger partial charge in [-0.05, 0) is 55.2 Å². The minimum Gasteiger partial charge on any atom is -0.506 e. The molecule has 10 heteroatoms. The molecule has 1 amide bonds. The van der Waals surface area contributed by atoms with Gasteiger partial charge in [0.2, 0.25) is 15.9 Å². The Bertz CT molecular complexity index is 1360. The number of aliphatic hydroxyl groups is 1. The van der Waals surface area contributed by atoms with Gasteiger partial charge in [0.15, 0.2) is 0 Å². The molecule has 0 bridgehead atoms. The van der Waals surface area contributed by atoms with Gasteiger partial charge in [0.1, 0.15) is 11.5 Å². The van der Waals surface area contributed by atoms with Crippen LogP contribution >= 0.6 is 0 Å². The topological polar surface area (TPSA) is 137 Å². The Kier molecular flexibility index (Phi) is 10.7. The number of ether oxygens (including phenoxy) is 1. The number of phenolic OH excluding ortho intramolecular Hbond substituents is 1. The van der Waals surface area contributed by atoms with Crippen molar-refractivity contribution in [1.29, 1.82) is 0 Å². The zero-order valence-electron chi connectivity index (χ0n) is 22.5. The van der Waals surface area contributed by atoms with Crippen molar-refractivity contribution in [2.24, 2.45) is 0 Å². The van der Waals surface area contributed by atoms with E-state index in [0.717, 1.165) is 28.7 Å². The molecule has 3 aromatic carbocycles. The van der Waals surface area contributed by atoms with Crippen LogP contribution in [-0.4, -0.2) is 50.0 Å². The van der Waals surface area contributed by atoms with Crippen LogP contribution in [0.5, 0.6) is 11.5 Å². The SMILES string of the molecule is CCOc1ccccc1CNC(=O)Cc1cccc(C[C@@H](C)NC[C@@H](O)c2ccc(O)c(NS(C)(=O)=O)c2)c1. The van der Waals surface area contributed by atoms with Crippen molar-refractivity contribution in [3.8, 4) is 11.5 Å². The van der Waals surface area contributed by atoms with Gasteiger partial charge < -0.3 is 25.6 Å². The lowest BCUT2D eigenvalue weighted by molar-refractivity contribution is -0.120. The van der Waals surface area contributed by atoms with E-state index in [2.05, 4.69) is 15.4 Å². The third-order valence-corrected chi connectivity index (χ3v) is 6.60. The van der Waals surface area contributed by atoms with Crippen LogP contribution in [0.25, 0.3) is 0 Å². The van der Waals surface area contributed by atoms with Crippen LogP contribution in [-0.2, 0) is 34.2 Å². The van der Waals surface area contributed by atoms with Crippen LogP contribution in [0.2, 0.25) is 0 Å². The molecule has 0 radical (unpaired) electrons. The molecule has 0 fully saturated rings. The summed E-state index contributed by atoms with van der Waals surface area (Å²) in [5.41, 5.74) is 3.38. The average Bonchev–Trinajstić information content (AvgIpc) is 2.87. The van der Waals surface area contributed by atoms with E-state index >= 15 is 0 Å². The number of hydrogen-bond donors (Lipinski definition) is 5. The monoisotopic (exact) mass is 555 g/mol. The first-order valence-electron chi connectivity index (χ1n) is 12.8. The maximum absolute atomic E-state index is 12.6. The van der Waals surface area contributed by atoms with E-state index < -0.39 is 16.1 Å². The quantitative estimate of drug-likeness (QED) is 0.193. The first-order chi connectivity index (χ1) is 18.5. The lowest BCUT2D eigenvalue weighted by Gasteiger charge is -2.19. The molecule has 210 valence electrons. The maximum Gasteiger partial charge on any atom is 0.229 e. The zero-order chi connectivity index (χ0) is 28.4. The smallest absolute Gasteiger partial charge is 0.229 e. The van der Waals surface area contributed by atoms with Crippen molar-refractivity contribution in [1.82, 2.24) is 10.6 Å². The van der Waals surface area contributed by atoms with Gasteiger partial charge in [0, 0.05) is 24.7 Å². The molecule has 2 atom stereocenters. The number of sulfonamides is 1. The summed E-state index contributed by atoms with van der Waals surface area (Å²) in [5.74, 6) is 0.471. The predicted octanol–water partition coefficient (Wildman–Crippen LogP) is 3.28. The molecule has 0 saturated carbocycles. The molecule has 0 aliphatic rings. The summed E-state index contributed by atoms with van der Waals surface area (Å²) in [4.78, 5) is 12.6. The van der Waals surface area contributed by atoms with Crippen LogP contribution in [0, 0.1) is 0 Å². The zero-order valence-corrected chi connectivity index (χ0v) is 23.3. The summed E-state index contributed by atoms with van der Waals surface area (Å²) in [7, 11) is -3.57. The number of para-hydroxylation sites is 1. The number of aliphatic hydroxyl groups excluding tert-OH is 1. The molecule has 5 N–H and O–H groups in total. The molecule has 0 spiro atoms. The minimum atomic E-state index is -3.57. The number of aromatic hydroxyl groups is 1. The van der Waals surface area contributed by atoms with Crippen LogP contribution in [0.1, 0.15) is 42.2 Å². The summed E-state index contributed by atoms with van der Waals surface area (Å²) in [6, 6.07) is 19.8. The van der Waals surface area contributed by atoms with Crippen LogP contribution in [0.4, 0.5) is 5.69 Å². The van der Waals surface area contributed by atoms with E-state index in [9.17, 15) is 23.4 Å². The fraction of sp³-hybridized carbons (Fsp3) is 0.345. The van der Waals surface area contributed by atoms with Gasteiger partial charge in [-0.1, -0.05) is 48.5 Å². The maximum atomic E-state index is 12.6. The highest BCUT2D eigenvalue weighted by molar-refractivity contribution is 7.92. The van der Waals surface area contributed by atoms with Gasteiger partial charge in [0.25, 0.3) is 0 Å². The number of amides is 1. The Morgan fingerprint density at radius 3 is 2.51 bits per heavy atom. The van der Waals surface area contributed by atoms with Gasteiger partial charge in [-0.2, -0.15) is 0 Å². The van der Waals surface area contributed by atoms with Crippen molar-refractivity contribution in [2.75, 3.05) is 24.1 Å². The summed E-state index contributed by atoms with van der Waals surface area (Å²) in [6.45, 7) is 5.11. The Labute approximate surface area is 230 Å². The second kappa shape index (κ2) is 14.0. The van der Waals surface area contributed by atoms with E-state index in [-0.39, 0.29) is 36.4 Å². The Morgan fingerprint density at radius 2 is 1.77 bits per heavy atom. The van der Waals surface area contributed by atoms with Crippen LogP contribution in [0.15, 0.2) is 66.7 Å². The molecular formula is C29H37N3O6S. The van der Waals surface area contributed by atoms with Crippen molar-refractivity contribution >= 4 is 21.6 Å². The number of carbonyl (C=O) groups is 1. The summed E-state index contributed by atoms with van der Waals surface area (Å²) >= 11 is 0. The second-order valence-corrected chi connectivity index (χ2v) is 11.2. The third-order valence-electron chi connectivity index (χ3n) is 6.01. The highest BCUT2D eigenvalue weighted by atomic mass is 32.2. The first kappa shape index (κ1) is 29.9. The van der Waals surface area contributed by atoms with Gasteiger partial charge in [0.05, 0.1) is 31.1 Å². The summed E-state index contributed by atoms with van der Waals surface area (Å²) < 4.78 is 30.9. The number of carbonyl (C=O) groups excluding carboxylic acids is 1. The molecule has 0 heterocycles. The number of phenols is 1. The number of hydrogen-bond acceptors (Lipinski definition) is 7. The number of benzene rings is 3. The highest BCUT2D eigenvalue weighted by Gasteiger charge is 2.15. The van der Waals surface area contributed by atoms with Crippen molar-refractivity contribution in [3.05, 3.63) is 89.0 Å². The van der Waals surface area contributed by atoms with Gasteiger partial charge in [-0.25, -0.2) is 8.42 Å². The van der Waals surface area contributed by atoms with Gasteiger partial charge in [-0.3, -0.25) is 9.52 Å². The standard InChI is InChI=1S/C29H37N3O6S/c1-4-38-28-11-6-5-10-24(28)18-31-29(35)16-22-9-7-8-21(15-22)14-20(2)30-19-27(34)23-12-13-26(33)25(17-23)32-39(3,36)37/h5-13,15,17,20,27,30,32-34H,4,14,16,18-19H2,1-3H3,(H,31,35)/t20-,27-/m1/s1. The van der Waals surface area contributed by atoms with Crippen molar-refractivity contribution in [2.45, 2.75) is 45.4 Å². The van der Waals surface area contributed by atoms with Gasteiger partial charge in [-0.15, -0.1) is 0 Å². The first-order valence-corrected chi connectivity index (χ1v) is 14.7. The van der Waals surface area contributed by atoms with E-state index in [1.54, 1.807) is 6.07 Å². The normalized spacial score (nSPS) is 12.9. The summed E-state index contributed by atoms with van der Waals surface area (Å²) in [6.07, 6.45) is 1.02. The number of rotatable bonds is 14. The molecule has 0 aliphatic heterocycles. The molecule has 39 heavy (non-hydrogen) atoms. The Balaban J connectivity index is 1.50. The summed E-state index contributed by atoms with van der Waals surface area (Å²) in [5, 5.41) is 26.7. The molecule has 3 rings (SSSR count). The lowest BCUT2D eigenvalue weighted by atomic mass is 10.0. The van der Waals surface area contributed by atoms with Crippen molar-refractivity contribution in [3.63, 3.8) is 0 Å². The Morgan fingerprint density at radius 1 is 1.03 bits per heavy atom. The molecular weight excluding hydrogens is 518 g/mol. The molecule has 9 nitrogen and oxygen atoms in total. The van der Waals surface area contributed by atoms with Crippen molar-refractivity contribution < 1.29 is 28.2 Å².